The predicted octanol–water partition coefficient (Wildman–Crippen LogP) is 5.49. The standard InChI is InChI=1S/C18H12FNO2S/c1-11-2-7-14(20-22)10-15(11)18(21)17-9-8-16(23-17)12-3-5-13(19)6-4-12/h2-10H,1H3. The van der Waals surface area contributed by atoms with Gasteiger partial charge in [-0.1, -0.05) is 18.2 Å². The highest BCUT2D eigenvalue weighted by Gasteiger charge is 2.15. The van der Waals surface area contributed by atoms with Gasteiger partial charge in [-0.05, 0) is 59.6 Å². The molecule has 3 rings (SSSR count). The molecule has 3 nitrogen and oxygen atoms in total. The molecule has 0 amide bonds. The van der Waals surface area contributed by atoms with Crippen molar-refractivity contribution in [3.63, 3.8) is 0 Å². The van der Waals surface area contributed by atoms with E-state index in [2.05, 4.69) is 5.18 Å². The number of benzene rings is 2. The third kappa shape index (κ3) is 3.10. The van der Waals surface area contributed by atoms with Gasteiger partial charge in [-0.25, -0.2) is 4.39 Å². The normalized spacial score (nSPS) is 10.5. The van der Waals surface area contributed by atoms with Crippen molar-refractivity contribution in [1.82, 2.24) is 0 Å². The van der Waals surface area contributed by atoms with Gasteiger partial charge in [-0.2, -0.15) is 0 Å². The lowest BCUT2D eigenvalue weighted by Gasteiger charge is -2.03. The van der Waals surface area contributed by atoms with Crippen LogP contribution >= 0.6 is 11.3 Å². The van der Waals surface area contributed by atoms with E-state index in [1.165, 1.54) is 29.5 Å². The fourth-order valence-corrected chi connectivity index (χ4v) is 3.24. The number of carbonyl (C=O) groups is 1. The van der Waals surface area contributed by atoms with E-state index in [-0.39, 0.29) is 17.3 Å². The topological polar surface area (TPSA) is 46.5 Å². The second-order valence-corrected chi connectivity index (χ2v) is 6.17. The van der Waals surface area contributed by atoms with Crippen molar-refractivity contribution in [2.45, 2.75) is 6.92 Å². The van der Waals surface area contributed by atoms with E-state index in [4.69, 9.17) is 0 Å². The van der Waals surface area contributed by atoms with Crippen molar-refractivity contribution in [2.75, 3.05) is 0 Å². The molecule has 2 aromatic carbocycles. The summed E-state index contributed by atoms with van der Waals surface area (Å²) in [4.78, 5) is 24.7. The van der Waals surface area contributed by atoms with E-state index in [1.807, 2.05) is 13.0 Å². The Kier molecular flexibility index (Phi) is 4.12. The van der Waals surface area contributed by atoms with Gasteiger partial charge in [0, 0.05) is 10.4 Å². The first kappa shape index (κ1) is 15.2. The van der Waals surface area contributed by atoms with Gasteiger partial charge >= 0.3 is 0 Å². The molecule has 114 valence electrons. The highest BCUT2D eigenvalue weighted by Crippen LogP contribution is 2.30. The van der Waals surface area contributed by atoms with Crippen molar-refractivity contribution in [1.29, 1.82) is 0 Å². The van der Waals surface area contributed by atoms with Gasteiger partial charge < -0.3 is 0 Å². The second kappa shape index (κ2) is 6.22. The summed E-state index contributed by atoms with van der Waals surface area (Å²) >= 11 is 1.34. The Hall–Kier alpha value is -2.66. The first-order chi connectivity index (χ1) is 11.1. The van der Waals surface area contributed by atoms with Crippen molar-refractivity contribution in [2.24, 2.45) is 5.18 Å². The number of nitroso groups, excluding NO2 is 1. The molecule has 0 N–H and O–H groups in total. The molecule has 0 atom stereocenters. The first-order valence-electron chi connectivity index (χ1n) is 6.93. The van der Waals surface area contributed by atoms with Crippen LogP contribution in [-0.2, 0) is 0 Å². The minimum atomic E-state index is -0.296. The highest BCUT2D eigenvalue weighted by molar-refractivity contribution is 7.17. The van der Waals surface area contributed by atoms with E-state index in [0.717, 1.165) is 16.0 Å². The highest BCUT2D eigenvalue weighted by atomic mass is 32.1. The first-order valence-corrected chi connectivity index (χ1v) is 7.74. The van der Waals surface area contributed by atoms with Crippen molar-refractivity contribution in [3.8, 4) is 10.4 Å². The second-order valence-electron chi connectivity index (χ2n) is 5.09. The van der Waals surface area contributed by atoms with E-state index in [0.29, 0.717) is 10.4 Å². The summed E-state index contributed by atoms with van der Waals surface area (Å²) in [6, 6.07) is 14.5. The summed E-state index contributed by atoms with van der Waals surface area (Å²) in [5.74, 6) is -0.443. The molecule has 0 radical (unpaired) electrons. The summed E-state index contributed by atoms with van der Waals surface area (Å²) < 4.78 is 13.0. The Morgan fingerprint density at radius 3 is 2.48 bits per heavy atom. The molecule has 23 heavy (non-hydrogen) atoms. The molecule has 3 aromatic rings. The summed E-state index contributed by atoms with van der Waals surface area (Å²) in [5, 5.41) is 2.88. The zero-order chi connectivity index (χ0) is 16.4. The number of ketones is 1. The summed E-state index contributed by atoms with van der Waals surface area (Å²) in [6.45, 7) is 1.82. The third-order valence-electron chi connectivity index (χ3n) is 3.53. The maximum absolute atomic E-state index is 13.0. The van der Waals surface area contributed by atoms with Gasteiger partial charge in [0.1, 0.15) is 11.5 Å². The fraction of sp³-hybridized carbons (Fsp3) is 0.0556. The van der Waals surface area contributed by atoms with E-state index in [9.17, 15) is 14.1 Å². The molecule has 1 aromatic heterocycles. The van der Waals surface area contributed by atoms with E-state index in [1.54, 1.807) is 30.3 Å². The lowest BCUT2D eigenvalue weighted by Crippen LogP contribution is -2.00. The molecule has 5 heteroatoms. The number of halogens is 1. The van der Waals surface area contributed by atoms with Crippen LogP contribution in [0.4, 0.5) is 10.1 Å². The van der Waals surface area contributed by atoms with Gasteiger partial charge in [0.05, 0.1) is 4.88 Å². The zero-order valence-corrected chi connectivity index (χ0v) is 13.1. The number of hydrogen-bond acceptors (Lipinski definition) is 4. The maximum Gasteiger partial charge on any atom is 0.203 e. The molecule has 0 fully saturated rings. The molecule has 0 saturated heterocycles. The number of thiophene rings is 1. The van der Waals surface area contributed by atoms with Crippen LogP contribution in [0.2, 0.25) is 0 Å². The maximum atomic E-state index is 13.0. The van der Waals surface area contributed by atoms with Gasteiger partial charge in [0.15, 0.2) is 0 Å². The number of rotatable bonds is 4. The van der Waals surface area contributed by atoms with Crippen LogP contribution in [0.3, 0.4) is 0 Å². The Labute approximate surface area is 136 Å². The van der Waals surface area contributed by atoms with Gasteiger partial charge in [0.2, 0.25) is 5.78 Å². The molecule has 0 bridgehead atoms. The van der Waals surface area contributed by atoms with Crippen molar-refractivity contribution >= 4 is 22.8 Å². The molecule has 0 saturated carbocycles. The van der Waals surface area contributed by atoms with Crippen LogP contribution in [0.15, 0.2) is 59.8 Å². The number of hydrogen-bond donors (Lipinski definition) is 0. The van der Waals surface area contributed by atoms with Crippen molar-refractivity contribution in [3.05, 3.63) is 81.3 Å². The average molecular weight is 325 g/mol. The molecular formula is C18H12FNO2S. The molecule has 1 heterocycles. The molecular weight excluding hydrogens is 313 g/mol. The van der Waals surface area contributed by atoms with Crippen LogP contribution in [0, 0.1) is 17.6 Å². The quantitative estimate of drug-likeness (QED) is 0.470. The third-order valence-corrected chi connectivity index (χ3v) is 4.66. The molecule has 0 aliphatic carbocycles. The summed E-state index contributed by atoms with van der Waals surface area (Å²) in [6.07, 6.45) is 0. The molecule has 0 spiro atoms. The molecule has 0 aliphatic heterocycles. The zero-order valence-electron chi connectivity index (χ0n) is 12.2. The fourth-order valence-electron chi connectivity index (χ4n) is 2.27. The lowest BCUT2D eigenvalue weighted by atomic mass is 10.0. The SMILES string of the molecule is Cc1ccc(N=O)cc1C(=O)c1ccc(-c2ccc(F)cc2)s1. The number of nitrogens with zero attached hydrogens (tertiary/aromatic N) is 1. The predicted molar refractivity (Wildman–Crippen MR) is 89.8 cm³/mol. The minimum Gasteiger partial charge on any atom is -0.288 e. The minimum absolute atomic E-state index is 0.147. The van der Waals surface area contributed by atoms with Crippen LogP contribution in [0.25, 0.3) is 10.4 Å². The molecule has 0 unspecified atom stereocenters. The van der Waals surface area contributed by atoms with Crippen LogP contribution in [-0.4, -0.2) is 5.78 Å². The van der Waals surface area contributed by atoms with Crippen molar-refractivity contribution < 1.29 is 9.18 Å². The van der Waals surface area contributed by atoms with Crippen LogP contribution in [0.1, 0.15) is 20.8 Å². The Balaban J connectivity index is 1.95. The van der Waals surface area contributed by atoms with Gasteiger partial charge in [0.25, 0.3) is 0 Å². The number of aryl methyl sites for hydroxylation is 1. The Morgan fingerprint density at radius 2 is 1.78 bits per heavy atom. The van der Waals surface area contributed by atoms with Crippen LogP contribution < -0.4 is 0 Å². The van der Waals surface area contributed by atoms with Gasteiger partial charge in [-0.15, -0.1) is 16.2 Å². The van der Waals surface area contributed by atoms with E-state index >= 15 is 0 Å². The Morgan fingerprint density at radius 1 is 1.04 bits per heavy atom. The smallest absolute Gasteiger partial charge is 0.203 e. The summed E-state index contributed by atoms with van der Waals surface area (Å²) in [7, 11) is 0. The largest absolute Gasteiger partial charge is 0.288 e. The molecule has 0 aliphatic rings. The number of carbonyl (C=O) groups excluding carboxylic acids is 1. The van der Waals surface area contributed by atoms with Gasteiger partial charge in [-0.3, -0.25) is 4.79 Å². The monoisotopic (exact) mass is 325 g/mol. The average Bonchev–Trinajstić information content (AvgIpc) is 3.05. The van der Waals surface area contributed by atoms with Crippen LogP contribution in [0.5, 0.6) is 0 Å². The summed E-state index contributed by atoms with van der Waals surface area (Å²) in [5.41, 5.74) is 2.35. The lowest BCUT2D eigenvalue weighted by molar-refractivity contribution is 0.104. The Bertz CT molecular complexity index is 884. The van der Waals surface area contributed by atoms with E-state index < -0.39 is 0 Å².